The monoisotopic (exact) mass is 381 g/mol. The summed E-state index contributed by atoms with van der Waals surface area (Å²) >= 11 is 0. The fraction of sp³-hybridized carbons (Fsp3) is 0.476. The van der Waals surface area contributed by atoms with Gasteiger partial charge in [0, 0.05) is 37.6 Å². The third kappa shape index (κ3) is 3.04. The number of rotatable bonds is 4. The van der Waals surface area contributed by atoms with Gasteiger partial charge in [0.1, 0.15) is 5.82 Å². The largest absolute Gasteiger partial charge is 0.358 e. The molecule has 3 aromatic rings. The van der Waals surface area contributed by atoms with E-state index in [4.69, 9.17) is 0 Å². The van der Waals surface area contributed by atoms with Crippen LogP contribution in [-0.4, -0.2) is 25.2 Å². The zero-order chi connectivity index (χ0) is 20.0. The standard InChI is InChI=1S/C21H27N5O2/c1-5-17-13(3)16-9-12(2)8-15(19(16)23-17)10-22-20(27)14-6-7-18-24-25(4)21(28)26(18)11-14/h8-9,14,23H,5-7,10-11H2,1-4H3,(H,22,27)/t14-/m0/s1. The van der Waals surface area contributed by atoms with Gasteiger partial charge < -0.3 is 10.3 Å². The van der Waals surface area contributed by atoms with Gasteiger partial charge in [-0.05, 0) is 43.9 Å². The van der Waals surface area contributed by atoms with Crippen LogP contribution in [0.2, 0.25) is 0 Å². The molecule has 0 saturated carbocycles. The predicted molar refractivity (Wildman–Crippen MR) is 108 cm³/mol. The fourth-order valence-corrected chi connectivity index (χ4v) is 4.28. The lowest BCUT2D eigenvalue weighted by Crippen LogP contribution is -2.38. The van der Waals surface area contributed by atoms with E-state index in [1.165, 1.54) is 26.9 Å². The number of amides is 1. The molecule has 3 heterocycles. The van der Waals surface area contributed by atoms with Crippen LogP contribution in [0, 0.1) is 19.8 Å². The molecule has 1 aromatic carbocycles. The lowest BCUT2D eigenvalue weighted by atomic mass is 9.98. The van der Waals surface area contributed by atoms with Crippen molar-refractivity contribution in [3.63, 3.8) is 0 Å². The first-order valence-corrected chi connectivity index (χ1v) is 9.90. The van der Waals surface area contributed by atoms with Gasteiger partial charge in [0.05, 0.1) is 11.4 Å². The lowest BCUT2D eigenvalue weighted by Gasteiger charge is -2.21. The fourth-order valence-electron chi connectivity index (χ4n) is 4.28. The number of aromatic nitrogens is 4. The summed E-state index contributed by atoms with van der Waals surface area (Å²) in [6.07, 6.45) is 2.32. The zero-order valence-corrected chi connectivity index (χ0v) is 16.9. The van der Waals surface area contributed by atoms with Gasteiger partial charge in [-0.15, -0.1) is 0 Å². The molecule has 7 heteroatoms. The molecule has 7 nitrogen and oxygen atoms in total. The highest BCUT2D eigenvalue weighted by Gasteiger charge is 2.27. The Bertz CT molecular complexity index is 1120. The first kappa shape index (κ1) is 18.5. The maximum Gasteiger partial charge on any atom is 0.345 e. The summed E-state index contributed by atoms with van der Waals surface area (Å²) in [5, 5.41) is 8.55. The van der Waals surface area contributed by atoms with Gasteiger partial charge in [0.2, 0.25) is 5.91 Å². The number of hydrogen-bond acceptors (Lipinski definition) is 3. The molecular formula is C21H27N5O2. The van der Waals surface area contributed by atoms with Gasteiger partial charge >= 0.3 is 5.69 Å². The Morgan fingerprint density at radius 1 is 1.36 bits per heavy atom. The third-order valence-electron chi connectivity index (χ3n) is 5.88. The van der Waals surface area contributed by atoms with E-state index in [-0.39, 0.29) is 17.5 Å². The number of nitrogens with zero attached hydrogens (tertiary/aromatic N) is 3. The molecule has 1 aliphatic rings. The van der Waals surface area contributed by atoms with Crippen LogP contribution in [0.25, 0.3) is 10.9 Å². The summed E-state index contributed by atoms with van der Waals surface area (Å²) in [4.78, 5) is 28.4. The summed E-state index contributed by atoms with van der Waals surface area (Å²) in [6.45, 7) is 7.25. The van der Waals surface area contributed by atoms with Gasteiger partial charge in [-0.3, -0.25) is 9.36 Å². The predicted octanol–water partition coefficient (Wildman–Crippen LogP) is 2.12. The molecule has 1 atom stereocenters. The molecule has 0 bridgehead atoms. The van der Waals surface area contributed by atoms with Crippen molar-refractivity contribution in [1.29, 1.82) is 0 Å². The highest BCUT2D eigenvalue weighted by molar-refractivity contribution is 5.88. The molecule has 0 unspecified atom stereocenters. The second-order valence-electron chi connectivity index (χ2n) is 7.82. The molecule has 0 aliphatic carbocycles. The number of benzene rings is 1. The van der Waals surface area contributed by atoms with Crippen molar-refractivity contribution in [3.05, 3.63) is 50.8 Å². The SMILES string of the molecule is CCc1[nH]c2c(CNC(=O)[C@H]3CCc4nn(C)c(=O)n4C3)cc(C)cc2c1C. The quantitative estimate of drug-likeness (QED) is 0.726. The maximum absolute atomic E-state index is 12.8. The summed E-state index contributed by atoms with van der Waals surface area (Å²) < 4.78 is 2.97. The Balaban J connectivity index is 1.53. The van der Waals surface area contributed by atoms with Crippen LogP contribution >= 0.6 is 0 Å². The van der Waals surface area contributed by atoms with Crippen LogP contribution in [0.1, 0.15) is 41.6 Å². The molecule has 148 valence electrons. The molecule has 2 N–H and O–H groups in total. The number of carbonyl (C=O) groups excluding carboxylic acids is 1. The minimum atomic E-state index is -0.203. The average molecular weight is 381 g/mol. The Kier molecular flexibility index (Phi) is 4.61. The Labute approximate surface area is 163 Å². The number of hydrogen-bond donors (Lipinski definition) is 2. The second-order valence-corrected chi connectivity index (χ2v) is 7.82. The number of aryl methyl sites for hydroxylation is 5. The van der Waals surface area contributed by atoms with Crippen molar-refractivity contribution in [3.8, 4) is 0 Å². The van der Waals surface area contributed by atoms with Gasteiger partial charge in [0.15, 0.2) is 0 Å². The summed E-state index contributed by atoms with van der Waals surface area (Å²) in [5.41, 5.74) is 5.76. The lowest BCUT2D eigenvalue weighted by molar-refractivity contribution is -0.126. The molecular weight excluding hydrogens is 354 g/mol. The number of fused-ring (bicyclic) bond motifs is 2. The van der Waals surface area contributed by atoms with Crippen molar-refractivity contribution >= 4 is 16.8 Å². The van der Waals surface area contributed by atoms with Crippen LogP contribution in [0.5, 0.6) is 0 Å². The van der Waals surface area contributed by atoms with E-state index < -0.39 is 0 Å². The molecule has 0 saturated heterocycles. The normalized spacial score (nSPS) is 16.4. The van der Waals surface area contributed by atoms with Crippen molar-refractivity contribution in [2.24, 2.45) is 13.0 Å². The molecule has 1 amide bonds. The Hall–Kier alpha value is -2.83. The van der Waals surface area contributed by atoms with Gasteiger partial charge in [0.25, 0.3) is 0 Å². The number of aromatic amines is 1. The van der Waals surface area contributed by atoms with E-state index in [2.05, 4.69) is 48.3 Å². The van der Waals surface area contributed by atoms with Crippen LogP contribution < -0.4 is 11.0 Å². The summed E-state index contributed by atoms with van der Waals surface area (Å²) in [5.74, 6) is 0.562. The van der Waals surface area contributed by atoms with Crippen LogP contribution in [-0.2, 0) is 37.8 Å². The molecule has 1 aliphatic heterocycles. The molecule has 0 fully saturated rings. The van der Waals surface area contributed by atoms with E-state index in [9.17, 15) is 9.59 Å². The van der Waals surface area contributed by atoms with Crippen molar-refractivity contribution in [2.45, 2.75) is 53.1 Å². The summed E-state index contributed by atoms with van der Waals surface area (Å²) in [7, 11) is 1.65. The molecule has 2 aromatic heterocycles. The third-order valence-corrected chi connectivity index (χ3v) is 5.88. The topological polar surface area (TPSA) is 84.7 Å². The van der Waals surface area contributed by atoms with Gasteiger partial charge in [-0.1, -0.05) is 18.6 Å². The van der Waals surface area contributed by atoms with Crippen LogP contribution in [0.3, 0.4) is 0 Å². The van der Waals surface area contributed by atoms with E-state index in [1.807, 2.05) is 0 Å². The van der Waals surface area contributed by atoms with Crippen LogP contribution in [0.4, 0.5) is 0 Å². The minimum Gasteiger partial charge on any atom is -0.358 e. The van der Waals surface area contributed by atoms with E-state index in [1.54, 1.807) is 11.6 Å². The number of nitrogens with one attached hydrogen (secondary N) is 2. The van der Waals surface area contributed by atoms with E-state index in [0.29, 0.717) is 25.9 Å². The average Bonchev–Trinajstić information content (AvgIpc) is 3.15. The first-order chi connectivity index (χ1) is 13.4. The highest BCUT2D eigenvalue weighted by atomic mass is 16.2. The zero-order valence-electron chi connectivity index (χ0n) is 16.9. The van der Waals surface area contributed by atoms with Crippen molar-refractivity contribution in [2.75, 3.05) is 0 Å². The summed E-state index contributed by atoms with van der Waals surface area (Å²) in [6, 6.07) is 4.33. The Morgan fingerprint density at radius 3 is 2.89 bits per heavy atom. The number of H-pyrrole nitrogens is 1. The molecule has 0 radical (unpaired) electrons. The highest BCUT2D eigenvalue weighted by Crippen LogP contribution is 2.27. The molecule has 28 heavy (non-hydrogen) atoms. The number of carbonyl (C=O) groups is 1. The van der Waals surface area contributed by atoms with Crippen LogP contribution in [0.15, 0.2) is 16.9 Å². The Morgan fingerprint density at radius 2 is 2.14 bits per heavy atom. The van der Waals surface area contributed by atoms with Crippen molar-refractivity contribution < 1.29 is 4.79 Å². The molecule has 0 spiro atoms. The first-order valence-electron chi connectivity index (χ1n) is 9.90. The molecule has 4 rings (SSSR count). The van der Waals surface area contributed by atoms with Crippen molar-refractivity contribution in [1.82, 2.24) is 24.6 Å². The van der Waals surface area contributed by atoms with E-state index >= 15 is 0 Å². The van der Waals surface area contributed by atoms with Gasteiger partial charge in [-0.25, -0.2) is 9.48 Å². The van der Waals surface area contributed by atoms with Gasteiger partial charge in [-0.2, -0.15) is 5.10 Å². The minimum absolute atomic E-state index is 0.00458. The second kappa shape index (κ2) is 6.96. The maximum atomic E-state index is 12.8. The smallest absolute Gasteiger partial charge is 0.345 e. The van der Waals surface area contributed by atoms with E-state index in [0.717, 1.165) is 23.3 Å².